The van der Waals surface area contributed by atoms with Crippen molar-refractivity contribution in [2.24, 2.45) is 5.92 Å². The highest BCUT2D eigenvalue weighted by Gasteiger charge is 2.39. The van der Waals surface area contributed by atoms with Gasteiger partial charge < -0.3 is 15.1 Å². The average Bonchev–Trinajstić information content (AvgIpc) is 3.60. The fourth-order valence-electron chi connectivity index (χ4n) is 6.76. The maximum absolute atomic E-state index is 13.4. The summed E-state index contributed by atoms with van der Waals surface area (Å²) in [5.41, 5.74) is 0.555. The van der Waals surface area contributed by atoms with Gasteiger partial charge in [-0.2, -0.15) is 17.5 Å². The molecule has 0 saturated carbocycles. The van der Waals surface area contributed by atoms with Crippen LogP contribution in [0.15, 0.2) is 59.5 Å². The van der Waals surface area contributed by atoms with Crippen LogP contribution in [0.4, 0.5) is 23.5 Å². The molecule has 2 aromatic carbocycles. The molecule has 0 unspecified atom stereocenters. The van der Waals surface area contributed by atoms with E-state index in [1.807, 2.05) is 0 Å². The van der Waals surface area contributed by atoms with E-state index in [1.165, 1.54) is 37.1 Å². The minimum atomic E-state index is -4.48. The van der Waals surface area contributed by atoms with Gasteiger partial charge in [-0.3, -0.25) is 9.69 Å². The highest BCUT2D eigenvalue weighted by atomic mass is 32.2. The second-order valence-corrected chi connectivity index (χ2v) is 15.0. The SMILES string of the molecule is CN1CCC(CN2CCN(c3nc(CNC(=O)[C@@H]4CCCN4S(=O)(=O)c4ccc(F)cc4)cc(-c4ccc(C(F)(F)F)cc4)n3)CC2)CC1. The van der Waals surface area contributed by atoms with Gasteiger partial charge in [-0.05, 0) is 94.2 Å². The Hall–Kier alpha value is -3.66. The molecule has 10 nitrogen and oxygen atoms in total. The summed E-state index contributed by atoms with van der Waals surface area (Å²) in [4.78, 5) is 29.7. The Bertz CT molecular complexity index is 1710. The smallest absolute Gasteiger partial charge is 0.349 e. The monoisotopic (exact) mass is 703 g/mol. The van der Waals surface area contributed by atoms with Crippen molar-refractivity contribution in [2.45, 2.75) is 49.3 Å². The zero-order valence-electron chi connectivity index (χ0n) is 27.4. The molecule has 3 aromatic rings. The second-order valence-electron chi connectivity index (χ2n) is 13.1. The third kappa shape index (κ3) is 8.39. The summed E-state index contributed by atoms with van der Waals surface area (Å²) in [6, 6.07) is 9.92. The van der Waals surface area contributed by atoms with Crippen LogP contribution in [0.1, 0.15) is 36.9 Å². The Balaban J connectivity index is 1.18. The van der Waals surface area contributed by atoms with Crippen LogP contribution in [0.25, 0.3) is 11.3 Å². The lowest BCUT2D eigenvalue weighted by atomic mass is 9.96. The molecule has 0 radical (unpaired) electrons. The number of carbonyl (C=O) groups is 1. The number of halogens is 4. The third-order valence-corrected chi connectivity index (χ3v) is 11.6. The molecule has 1 N–H and O–H groups in total. The Labute approximate surface area is 284 Å². The fourth-order valence-corrected chi connectivity index (χ4v) is 8.42. The van der Waals surface area contributed by atoms with Crippen molar-refractivity contribution in [2.75, 3.05) is 64.3 Å². The van der Waals surface area contributed by atoms with E-state index in [1.54, 1.807) is 6.07 Å². The van der Waals surface area contributed by atoms with Crippen molar-refractivity contribution in [3.8, 4) is 11.3 Å². The van der Waals surface area contributed by atoms with Gasteiger partial charge in [0.05, 0.1) is 28.4 Å². The Morgan fingerprint density at radius 1 is 0.898 bits per heavy atom. The van der Waals surface area contributed by atoms with Gasteiger partial charge in [0.1, 0.15) is 11.9 Å². The molecule has 3 aliphatic rings. The lowest BCUT2D eigenvalue weighted by Gasteiger charge is -2.38. The van der Waals surface area contributed by atoms with Gasteiger partial charge in [-0.25, -0.2) is 22.8 Å². The van der Waals surface area contributed by atoms with Crippen LogP contribution in [0.3, 0.4) is 0 Å². The summed E-state index contributed by atoms with van der Waals surface area (Å²) in [6.07, 6.45) is -1.31. The van der Waals surface area contributed by atoms with E-state index in [2.05, 4.69) is 27.1 Å². The van der Waals surface area contributed by atoms with Crippen LogP contribution in [-0.4, -0.2) is 104 Å². The summed E-state index contributed by atoms with van der Waals surface area (Å²) in [6.45, 7) is 6.37. The zero-order valence-corrected chi connectivity index (χ0v) is 28.2. The van der Waals surface area contributed by atoms with Crippen molar-refractivity contribution in [3.63, 3.8) is 0 Å². The minimum absolute atomic E-state index is 0.0426. The molecular weight excluding hydrogens is 662 g/mol. The largest absolute Gasteiger partial charge is 0.416 e. The molecule has 6 rings (SSSR count). The van der Waals surface area contributed by atoms with Gasteiger partial charge in [-0.15, -0.1) is 0 Å². The number of sulfonamides is 1. The molecule has 1 aromatic heterocycles. The molecule has 4 heterocycles. The van der Waals surface area contributed by atoms with Gasteiger partial charge in [-0.1, -0.05) is 12.1 Å². The number of aromatic nitrogens is 2. The third-order valence-electron chi connectivity index (χ3n) is 9.66. The highest BCUT2D eigenvalue weighted by Crippen LogP contribution is 2.32. The van der Waals surface area contributed by atoms with Crippen molar-refractivity contribution in [1.29, 1.82) is 0 Å². The summed E-state index contributed by atoms with van der Waals surface area (Å²) < 4.78 is 81.0. The first-order chi connectivity index (χ1) is 23.4. The van der Waals surface area contributed by atoms with Gasteiger partial charge in [0.2, 0.25) is 21.9 Å². The zero-order chi connectivity index (χ0) is 34.8. The number of alkyl halides is 3. The first kappa shape index (κ1) is 35.2. The predicted molar refractivity (Wildman–Crippen MR) is 177 cm³/mol. The normalized spacial score (nSPS) is 20.5. The number of benzene rings is 2. The average molecular weight is 704 g/mol. The molecule has 49 heavy (non-hydrogen) atoms. The first-order valence-corrected chi connectivity index (χ1v) is 18.1. The molecule has 0 spiro atoms. The molecule has 1 amide bonds. The number of carbonyl (C=O) groups excluding carboxylic acids is 1. The lowest BCUT2D eigenvalue weighted by molar-refractivity contribution is -0.137. The van der Waals surface area contributed by atoms with E-state index in [0.717, 1.165) is 61.3 Å². The fraction of sp³-hybridized carbons (Fsp3) is 0.500. The van der Waals surface area contributed by atoms with E-state index in [4.69, 9.17) is 9.97 Å². The summed E-state index contributed by atoms with van der Waals surface area (Å²) >= 11 is 0. The summed E-state index contributed by atoms with van der Waals surface area (Å²) in [7, 11) is -1.89. The predicted octanol–water partition coefficient (Wildman–Crippen LogP) is 4.23. The molecule has 264 valence electrons. The highest BCUT2D eigenvalue weighted by molar-refractivity contribution is 7.89. The maximum Gasteiger partial charge on any atom is 0.416 e. The van der Waals surface area contributed by atoms with Crippen molar-refractivity contribution in [3.05, 3.63) is 71.7 Å². The van der Waals surface area contributed by atoms with Crippen LogP contribution in [0.2, 0.25) is 0 Å². The molecule has 1 atom stereocenters. The van der Waals surface area contributed by atoms with Gasteiger partial charge in [0.25, 0.3) is 0 Å². The quantitative estimate of drug-likeness (QED) is 0.331. The number of piperidine rings is 1. The molecule has 0 aliphatic carbocycles. The number of nitrogens with one attached hydrogen (secondary N) is 1. The van der Waals surface area contributed by atoms with E-state index in [0.29, 0.717) is 54.7 Å². The topological polar surface area (TPSA) is 102 Å². The first-order valence-electron chi connectivity index (χ1n) is 16.6. The summed E-state index contributed by atoms with van der Waals surface area (Å²) in [5.74, 6) is 0.0201. The molecule has 3 saturated heterocycles. The Morgan fingerprint density at radius 2 is 1.57 bits per heavy atom. The number of nitrogens with zero attached hydrogens (tertiary/aromatic N) is 6. The minimum Gasteiger partial charge on any atom is -0.349 e. The van der Waals surface area contributed by atoms with E-state index in [9.17, 15) is 30.8 Å². The van der Waals surface area contributed by atoms with Gasteiger partial charge in [0.15, 0.2) is 0 Å². The molecular formula is C34H41F4N7O3S. The number of likely N-dealkylation sites (tertiary alicyclic amines) is 1. The molecule has 3 fully saturated rings. The van der Waals surface area contributed by atoms with Crippen LogP contribution < -0.4 is 10.2 Å². The maximum atomic E-state index is 13.4. The Morgan fingerprint density at radius 3 is 2.22 bits per heavy atom. The molecule has 0 bridgehead atoms. The molecule has 15 heteroatoms. The van der Waals surface area contributed by atoms with E-state index < -0.39 is 39.5 Å². The Kier molecular flexibility index (Phi) is 10.5. The van der Waals surface area contributed by atoms with Crippen LogP contribution >= 0.6 is 0 Å². The molecule has 3 aliphatic heterocycles. The standard InChI is InChI=1S/C34H41F4N7O3S/c1-42-15-12-24(13-16-42)23-43-17-19-44(20-18-43)33-40-28(21-30(41-33)25-4-6-26(7-5-25)34(36,37)38)22-39-32(46)31-3-2-14-45(31)49(47,48)29-10-8-27(35)9-11-29/h4-11,21,24,31H,2-3,12-20,22-23H2,1H3,(H,39,46)/t31-/m0/s1. The lowest BCUT2D eigenvalue weighted by Crippen LogP contribution is -2.49. The van der Waals surface area contributed by atoms with Crippen molar-refractivity contribution < 1.29 is 30.8 Å². The number of hydrogen-bond acceptors (Lipinski definition) is 8. The number of rotatable bonds is 9. The van der Waals surface area contributed by atoms with Gasteiger partial charge >= 0.3 is 6.18 Å². The van der Waals surface area contributed by atoms with Crippen LogP contribution in [-0.2, 0) is 27.5 Å². The van der Waals surface area contributed by atoms with E-state index >= 15 is 0 Å². The summed E-state index contributed by atoms with van der Waals surface area (Å²) in [5, 5.41) is 2.82. The van der Waals surface area contributed by atoms with Crippen LogP contribution in [0, 0.1) is 11.7 Å². The van der Waals surface area contributed by atoms with Crippen LogP contribution in [0.5, 0.6) is 0 Å². The van der Waals surface area contributed by atoms with Crippen molar-refractivity contribution >= 4 is 21.9 Å². The van der Waals surface area contributed by atoms with Crippen molar-refractivity contribution in [1.82, 2.24) is 29.4 Å². The number of piperazine rings is 1. The number of amides is 1. The van der Waals surface area contributed by atoms with Gasteiger partial charge in [0, 0.05) is 44.8 Å². The second kappa shape index (κ2) is 14.7. The number of hydrogen-bond donors (Lipinski definition) is 1. The number of anilines is 1. The van der Waals surface area contributed by atoms with E-state index in [-0.39, 0.29) is 18.0 Å².